The lowest BCUT2D eigenvalue weighted by molar-refractivity contribution is -0.137. The minimum Gasteiger partial charge on any atom is -0.337 e. The van der Waals surface area contributed by atoms with Crippen LogP contribution in [0, 0.1) is 0 Å². The van der Waals surface area contributed by atoms with Crippen LogP contribution < -0.4 is 5.73 Å². The second-order valence-corrected chi connectivity index (χ2v) is 5.41. The molecule has 0 saturated heterocycles. The number of hydrogen-bond donors (Lipinski definition) is 1. The van der Waals surface area contributed by atoms with Crippen molar-refractivity contribution in [1.29, 1.82) is 0 Å². The number of halogens is 2. The summed E-state index contributed by atoms with van der Waals surface area (Å²) in [7, 11) is 1.86. The highest BCUT2D eigenvalue weighted by Crippen LogP contribution is 2.21. The van der Waals surface area contributed by atoms with Crippen molar-refractivity contribution in [3.05, 3.63) is 53.9 Å². The maximum absolute atomic E-state index is 12.8. The van der Waals surface area contributed by atoms with Crippen molar-refractivity contribution in [2.45, 2.75) is 25.9 Å². The highest BCUT2D eigenvalue weighted by atomic mass is 35.5. The van der Waals surface area contributed by atoms with Gasteiger partial charge in [-0.15, -0.1) is 24.8 Å². The summed E-state index contributed by atoms with van der Waals surface area (Å²) in [6.45, 7) is 4.84. The molecule has 23 heavy (non-hydrogen) atoms. The number of nitrogens with two attached hydrogens (primary N) is 1. The molecule has 7 heteroatoms. The van der Waals surface area contributed by atoms with Gasteiger partial charge in [-0.1, -0.05) is 30.3 Å². The number of hydrogen-bond acceptors (Lipinski definition) is 3. The molecule has 0 aliphatic carbocycles. The molecule has 0 spiro atoms. The number of carbonyl (C=O) groups excluding carboxylic acids is 1. The van der Waals surface area contributed by atoms with Crippen molar-refractivity contribution >= 4 is 30.7 Å². The third-order valence-electron chi connectivity index (χ3n) is 3.62. The number of amides is 1. The van der Waals surface area contributed by atoms with Gasteiger partial charge in [0.1, 0.15) is 5.54 Å². The van der Waals surface area contributed by atoms with Crippen LogP contribution in [0.4, 0.5) is 0 Å². The molecular weight excluding hydrogens is 335 g/mol. The van der Waals surface area contributed by atoms with Crippen LogP contribution in [0.1, 0.15) is 25.0 Å². The Morgan fingerprint density at radius 1 is 1.30 bits per heavy atom. The number of benzene rings is 1. The SMILES string of the molecule is CCN(Cc1cnn(C)c1)C(=O)C(C)(N)c1ccccc1.Cl.Cl. The third kappa shape index (κ3) is 4.96. The maximum atomic E-state index is 12.8. The van der Waals surface area contributed by atoms with Gasteiger partial charge >= 0.3 is 0 Å². The van der Waals surface area contributed by atoms with Crippen LogP contribution in [-0.2, 0) is 23.9 Å². The molecule has 0 aliphatic rings. The number of rotatable bonds is 5. The number of likely N-dealkylation sites (N-methyl/N-ethyl adjacent to an activating group) is 1. The lowest BCUT2D eigenvalue weighted by Gasteiger charge is -2.31. The lowest BCUT2D eigenvalue weighted by atomic mass is 9.91. The molecule has 1 aromatic carbocycles. The van der Waals surface area contributed by atoms with E-state index in [1.807, 2.05) is 50.5 Å². The van der Waals surface area contributed by atoms with Crippen LogP contribution in [0.15, 0.2) is 42.7 Å². The molecule has 0 aliphatic heterocycles. The van der Waals surface area contributed by atoms with E-state index in [9.17, 15) is 4.79 Å². The van der Waals surface area contributed by atoms with E-state index >= 15 is 0 Å². The quantitative estimate of drug-likeness (QED) is 0.892. The Hall–Kier alpha value is -1.56. The van der Waals surface area contributed by atoms with Crippen LogP contribution >= 0.6 is 24.8 Å². The fraction of sp³-hybridized carbons (Fsp3) is 0.375. The molecule has 2 rings (SSSR count). The molecule has 128 valence electrons. The molecule has 2 aromatic rings. The van der Waals surface area contributed by atoms with Gasteiger partial charge in [-0.3, -0.25) is 9.48 Å². The molecule has 0 radical (unpaired) electrons. The molecule has 0 saturated carbocycles. The van der Waals surface area contributed by atoms with E-state index in [0.29, 0.717) is 13.1 Å². The Balaban J connectivity index is 0.00000242. The molecule has 0 fully saturated rings. The maximum Gasteiger partial charge on any atom is 0.247 e. The van der Waals surface area contributed by atoms with Crippen molar-refractivity contribution in [2.24, 2.45) is 12.8 Å². The van der Waals surface area contributed by atoms with Crippen molar-refractivity contribution < 1.29 is 4.79 Å². The average molecular weight is 359 g/mol. The number of aryl methyl sites for hydroxylation is 1. The molecule has 5 nitrogen and oxygen atoms in total. The van der Waals surface area contributed by atoms with Gasteiger partial charge < -0.3 is 10.6 Å². The fourth-order valence-electron chi connectivity index (χ4n) is 2.34. The van der Waals surface area contributed by atoms with Gasteiger partial charge in [0.15, 0.2) is 0 Å². The third-order valence-corrected chi connectivity index (χ3v) is 3.62. The van der Waals surface area contributed by atoms with Gasteiger partial charge in [-0.2, -0.15) is 5.10 Å². The highest BCUT2D eigenvalue weighted by Gasteiger charge is 2.33. The molecule has 1 heterocycles. The normalized spacial score (nSPS) is 12.5. The van der Waals surface area contributed by atoms with Crippen LogP contribution in [0.5, 0.6) is 0 Å². The molecule has 1 aromatic heterocycles. The zero-order valence-electron chi connectivity index (χ0n) is 13.6. The zero-order valence-corrected chi connectivity index (χ0v) is 15.2. The monoisotopic (exact) mass is 358 g/mol. The zero-order chi connectivity index (χ0) is 15.5. The van der Waals surface area contributed by atoms with Gasteiger partial charge in [-0.05, 0) is 19.4 Å². The number of carbonyl (C=O) groups is 1. The predicted molar refractivity (Wildman–Crippen MR) is 96.8 cm³/mol. The molecule has 1 amide bonds. The number of aromatic nitrogens is 2. The Morgan fingerprint density at radius 2 is 1.91 bits per heavy atom. The van der Waals surface area contributed by atoms with Crippen molar-refractivity contribution in [2.75, 3.05) is 6.54 Å². The van der Waals surface area contributed by atoms with E-state index in [-0.39, 0.29) is 30.7 Å². The van der Waals surface area contributed by atoms with E-state index in [1.165, 1.54) is 0 Å². The van der Waals surface area contributed by atoms with Gasteiger partial charge in [0.2, 0.25) is 5.91 Å². The standard InChI is InChI=1S/C16H22N4O.2ClH/c1-4-20(12-13-10-18-19(3)11-13)15(21)16(2,17)14-8-6-5-7-9-14;;/h5-11H,4,12,17H2,1-3H3;2*1H. The smallest absolute Gasteiger partial charge is 0.247 e. The molecule has 1 atom stereocenters. The summed E-state index contributed by atoms with van der Waals surface area (Å²) in [6, 6.07) is 9.47. The molecule has 2 N–H and O–H groups in total. The summed E-state index contributed by atoms with van der Waals surface area (Å²) in [6.07, 6.45) is 3.68. The first kappa shape index (κ1) is 21.4. The first-order valence-corrected chi connectivity index (χ1v) is 7.06. The second kappa shape index (κ2) is 8.91. The van der Waals surface area contributed by atoms with Crippen LogP contribution in [-0.4, -0.2) is 27.1 Å². The Bertz CT molecular complexity index is 614. The van der Waals surface area contributed by atoms with Gasteiger partial charge in [0, 0.05) is 31.9 Å². The summed E-state index contributed by atoms with van der Waals surface area (Å²) in [4.78, 5) is 14.5. The minimum atomic E-state index is -1.03. The van der Waals surface area contributed by atoms with Crippen molar-refractivity contribution in [3.63, 3.8) is 0 Å². The van der Waals surface area contributed by atoms with Gasteiger partial charge in [0.05, 0.1) is 6.20 Å². The first-order chi connectivity index (χ1) is 9.95. The van der Waals surface area contributed by atoms with Crippen molar-refractivity contribution in [3.8, 4) is 0 Å². The molecule has 1 unspecified atom stereocenters. The van der Waals surface area contributed by atoms with Gasteiger partial charge in [-0.25, -0.2) is 0 Å². The predicted octanol–water partition coefficient (Wildman–Crippen LogP) is 2.49. The Kier molecular flexibility index (Phi) is 8.31. The van der Waals surface area contributed by atoms with Crippen LogP contribution in [0.3, 0.4) is 0 Å². The first-order valence-electron chi connectivity index (χ1n) is 7.06. The molecule has 0 bridgehead atoms. The van der Waals surface area contributed by atoms with Crippen molar-refractivity contribution in [1.82, 2.24) is 14.7 Å². The average Bonchev–Trinajstić information content (AvgIpc) is 2.90. The summed E-state index contributed by atoms with van der Waals surface area (Å²) >= 11 is 0. The Labute approximate surface area is 149 Å². The summed E-state index contributed by atoms with van der Waals surface area (Å²) in [5, 5.41) is 4.13. The highest BCUT2D eigenvalue weighted by molar-refractivity contribution is 5.87. The summed E-state index contributed by atoms with van der Waals surface area (Å²) < 4.78 is 1.73. The van der Waals surface area contributed by atoms with Crippen LogP contribution in [0.2, 0.25) is 0 Å². The van der Waals surface area contributed by atoms with Crippen LogP contribution in [0.25, 0.3) is 0 Å². The van der Waals surface area contributed by atoms with E-state index in [1.54, 1.807) is 22.7 Å². The van der Waals surface area contributed by atoms with Gasteiger partial charge in [0.25, 0.3) is 0 Å². The van der Waals surface area contributed by atoms with E-state index in [4.69, 9.17) is 5.73 Å². The fourth-order valence-corrected chi connectivity index (χ4v) is 2.34. The molecular formula is C16H24Cl2N4O. The lowest BCUT2D eigenvalue weighted by Crippen LogP contribution is -2.50. The largest absolute Gasteiger partial charge is 0.337 e. The topological polar surface area (TPSA) is 64.2 Å². The summed E-state index contributed by atoms with van der Waals surface area (Å²) in [5.74, 6) is -0.0833. The second-order valence-electron chi connectivity index (χ2n) is 5.41. The van der Waals surface area contributed by atoms with E-state index in [2.05, 4.69) is 5.10 Å². The minimum absolute atomic E-state index is 0. The Morgan fingerprint density at radius 3 is 2.39 bits per heavy atom. The van der Waals surface area contributed by atoms with E-state index < -0.39 is 5.54 Å². The van der Waals surface area contributed by atoms with E-state index in [0.717, 1.165) is 11.1 Å². The number of nitrogens with zero attached hydrogens (tertiary/aromatic N) is 3. The summed E-state index contributed by atoms with van der Waals surface area (Å²) in [5.41, 5.74) is 7.09.